The van der Waals surface area contributed by atoms with Gasteiger partial charge in [0.05, 0.1) is 7.11 Å². The highest BCUT2D eigenvalue weighted by molar-refractivity contribution is 5.95. The van der Waals surface area contributed by atoms with Gasteiger partial charge < -0.3 is 28.6 Å². The van der Waals surface area contributed by atoms with Crippen LogP contribution in [0.5, 0.6) is 28.7 Å². The molecule has 2 aromatic carbocycles. The number of hydrogen-bond donors (Lipinski definition) is 0. The van der Waals surface area contributed by atoms with Crippen molar-refractivity contribution in [3.8, 4) is 28.7 Å². The fraction of sp³-hybridized carbons (Fsp3) is 0.350. The molecule has 0 unspecified atom stereocenters. The molecule has 0 spiro atoms. The molecule has 2 aliphatic rings. The lowest BCUT2D eigenvalue weighted by Crippen LogP contribution is -2.30. The molecule has 0 fully saturated rings. The van der Waals surface area contributed by atoms with Crippen LogP contribution in [0.15, 0.2) is 30.3 Å². The molecule has 0 saturated heterocycles. The van der Waals surface area contributed by atoms with Crippen molar-refractivity contribution < 1.29 is 28.5 Å². The Balaban J connectivity index is 1.58. The molecule has 0 aromatic heterocycles. The lowest BCUT2D eigenvalue weighted by Gasteiger charge is -2.24. The zero-order valence-corrected chi connectivity index (χ0v) is 15.3. The normalized spacial score (nSPS) is 14.0. The van der Waals surface area contributed by atoms with Gasteiger partial charge in [0.15, 0.2) is 23.0 Å². The van der Waals surface area contributed by atoms with Crippen LogP contribution in [-0.2, 0) is 6.54 Å². The fourth-order valence-electron chi connectivity index (χ4n) is 3.17. The molecular weight excluding hydrogens is 350 g/mol. The number of carbonyl (C=O) groups excluding carboxylic acids is 1. The Kier molecular flexibility index (Phi) is 4.66. The zero-order chi connectivity index (χ0) is 18.8. The third-order valence-electron chi connectivity index (χ3n) is 4.55. The molecule has 2 aliphatic heterocycles. The molecule has 0 bridgehead atoms. The minimum atomic E-state index is -0.106. The lowest BCUT2D eigenvalue weighted by molar-refractivity contribution is 0.0750. The molecule has 0 aliphatic carbocycles. The standard InChI is InChI=1S/C20H21NO6/c1-3-21(11-13-4-5-15-16(8-13)27-12-26-15)20(22)14-9-17(23-2)19-18(10-14)24-6-7-25-19/h4-5,8-10H,3,6-7,11-12H2,1-2H3. The smallest absolute Gasteiger partial charge is 0.254 e. The number of hydrogen-bond acceptors (Lipinski definition) is 6. The average molecular weight is 371 g/mol. The van der Waals surface area contributed by atoms with Gasteiger partial charge in [0.2, 0.25) is 12.5 Å². The second-order valence-electron chi connectivity index (χ2n) is 6.21. The number of ether oxygens (including phenoxy) is 5. The van der Waals surface area contributed by atoms with Crippen LogP contribution in [0.3, 0.4) is 0 Å². The van der Waals surface area contributed by atoms with Gasteiger partial charge in [0, 0.05) is 18.7 Å². The summed E-state index contributed by atoms with van der Waals surface area (Å²) >= 11 is 0. The van der Waals surface area contributed by atoms with Crippen LogP contribution in [-0.4, -0.2) is 44.5 Å². The van der Waals surface area contributed by atoms with Crippen molar-refractivity contribution >= 4 is 5.91 Å². The summed E-state index contributed by atoms with van der Waals surface area (Å²) in [5, 5.41) is 0. The Morgan fingerprint density at radius 3 is 2.67 bits per heavy atom. The first-order valence-corrected chi connectivity index (χ1v) is 8.85. The van der Waals surface area contributed by atoms with Gasteiger partial charge in [-0.15, -0.1) is 0 Å². The van der Waals surface area contributed by atoms with Crippen molar-refractivity contribution in [1.82, 2.24) is 4.90 Å². The Morgan fingerprint density at radius 2 is 1.85 bits per heavy atom. The van der Waals surface area contributed by atoms with E-state index in [9.17, 15) is 4.79 Å². The van der Waals surface area contributed by atoms with Gasteiger partial charge >= 0.3 is 0 Å². The van der Waals surface area contributed by atoms with Gasteiger partial charge in [-0.25, -0.2) is 0 Å². The maximum atomic E-state index is 13.1. The van der Waals surface area contributed by atoms with E-state index in [4.69, 9.17) is 23.7 Å². The molecule has 0 radical (unpaired) electrons. The minimum absolute atomic E-state index is 0.106. The molecule has 142 valence electrons. The van der Waals surface area contributed by atoms with E-state index in [1.165, 1.54) is 0 Å². The van der Waals surface area contributed by atoms with Crippen LogP contribution in [0.1, 0.15) is 22.8 Å². The fourth-order valence-corrected chi connectivity index (χ4v) is 3.17. The molecule has 0 saturated carbocycles. The zero-order valence-electron chi connectivity index (χ0n) is 15.3. The van der Waals surface area contributed by atoms with Crippen molar-refractivity contribution in [1.29, 1.82) is 0 Å². The highest BCUT2D eigenvalue weighted by Gasteiger charge is 2.23. The lowest BCUT2D eigenvalue weighted by atomic mass is 10.1. The number of nitrogens with zero attached hydrogens (tertiary/aromatic N) is 1. The summed E-state index contributed by atoms with van der Waals surface area (Å²) < 4.78 is 27.4. The number of carbonyl (C=O) groups is 1. The molecule has 4 rings (SSSR count). The Bertz CT molecular complexity index is 849. The number of amides is 1. The van der Waals surface area contributed by atoms with Gasteiger partial charge in [-0.3, -0.25) is 4.79 Å². The Labute approximate surface area is 157 Å². The number of benzene rings is 2. The third-order valence-corrected chi connectivity index (χ3v) is 4.55. The van der Waals surface area contributed by atoms with Crippen LogP contribution in [0.25, 0.3) is 0 Å². The van der Waals surface area contributed by atoms with E-state index in [-0.39, 0.29) is 12.7 Å². The molecule has 2 heterocycles. The maximum Gasteiger partial charge on any atom is 0.254 e. The SMILES string of the molecule is CCN(Cc1ccc2c(c1)OCO2)C(=O)c1cc(OC)c2c(c1)OCCO2. The predicted molar refractivity (Wildman–Crippen MR) is 97.0 cm³/mol. The second kappa shape index (κ2) is 7.26. The highest BCUT2D eigenvalue weighted by atomic mass is 16.7. The summed E-state index contributed by atoms with van der Waals surface area (Å²) in [5.41, 5.74) is 1.47. The molecule has 0 N–H and O–H groups in total. The van der Waals surface area contributed by atoms with Gasteiger partial charge in [-0.05, 0) is 36.8 Å². The van der Waals surface area contributed by atoms with Gasteiger partial charge in [0.25, 0.3) is 5.91 Å². The van der Waals surface area contributed by atoms with E-state index in [0.29, 0.717) is 54.9 Å². The second-order valence-corrected chi connectivity index (χ2v) is 6.21. The van der Waals surface area contributed by atoms with Crippen LogP contribution in [0, 0.1) is 0 Å². The molecule has 27 heavy (non-hydrogen) atoms. The van der Waals surface area contributed by atoms with Crippen molar-refractivity contribution in [3.05, 3.63) is 41.5 Å². The summed E-state index contributed by atoms with van der Waals surface area (Å²) in [5.74, 6) is 2.89. The topological polar surface area (TPSA) is 66.5 Å². The highest BCUT2D eigenvalue weighted by Crippen LogP contribution is 2.40. The monoisotopic (exact) mass is 371 g/mol. The average Bonchev–Trinajstić information content (AvgIpc) is 3.18. The predicted octanol–water partition coefficient (Wildman–Crippen LogP) is 2.86. The van der Waals surface area contributed by atoms with Gasteiger partial charge in [0.1, 0.15) is 13.2 Å². The summed E-state index contributed by atoms with van der Waals surface area (Å²) in [6.07, 6.45) is 0. The summed E-state index contributed by atoms with van der Waals surface area (Å²) in [6.45, 7) is 4.10. The minimum Gasteiger partial charge on any atom is -0.493 e. The van der Waals surface area contributed by atoms with Crippen LogP contribution < -0.4 is 23.7 Å². The molecular formula is C20H21NO6. The number of rotatable bonds is 5. The largest absolute Gasteiger partial charge is 0.493 e. The molecule has 7 heteroatoms. The molecule has 1 amide bonds. The van der Waals surface area contributed by atoms with E-state index in [0.717, 1.165) is 11.3 Å². The van der Waals surface area contributed by atoms with E-state index in [2.05, 4.69) is 0 Å². The first kappa shape index (κ1) is 17.3. The van der Waals surface area contributed by atoms with E-state index in [1.54, 1.807) is 24.1 Å². The summed E-state index contributed by atoms with van der Waals surface area (Å²) in [7, 11) is 1.55. The van der Waals surface area contributed by atoms with Gasteiger partial charge in [-0.2, -0.15) is 0 Å². The first-order chi connectivity index (χ1) is 13.2. The summed E-state index contributed by atoms with van der Waals surface area (Å²) in [6, 6.07) is 9.11. The van der Waals surface area contributed by atoms with Crippen molar-refractivity contribution in [3.63, 3.8) is 0 Å². The molecule has 2 aromatic rings. The van der Waals surface area contributed by atoms with Crippen LogP contribution in [0.4, 0.5) is 0 Å². The first-order valence-electron chi connectivity index (χ1n) is 8.85. The van der Waals surface area contributed by atoms with E-state index < -0.39 is 0 Å². The van der Waals surface area contributed by atoms with Crippen LogP contribution >= 0.6 is 0 Å². The maximum absolute atomic E-state index is 13.1. The third kappa shape index (κ3) is 3.32. The van der Waals surface area contributed by atoms with Crippen LogP contribution in [0.2, 0.25) is 0 Å². The van der Waals surface area contributed by atoms with Crippen molar-refractivity contribution in [2.45, 2.75) is 13.5 Å². The van der Waals surface area contributed by atoms with Crippen molar-refractivity contribution in [2.24, 2.45) is 0 Å². The molecule has 7 nitrogen and oxygen atoms in total. The van der Waals surface area contributed by atoms with Gasteiger partial charge in [-0.1, -0.05) is 6.07 Å². The molecule has 0 atom stereocenters. The Hall–Kier alpha value is -3.09. The Morgan fingerprint density at radius 1 is 1.04 bits per heavy atom. The van der Waals surface area contributed by atoms with E-state index >= 15 is 0 Å². The number of fused-ring (bicyclic) bond motifs is 2. The van der Waals surface area contributed by atoms with Crippen molar-refractivity contribution in [2.75, 3.05) is 33.7 Å². The summed E-state index contributed by atoms with van der Waals surface area (Å²) in [4.78, 5) is 14.8. The quantitative estimate of drug-likeness (QED) is 0.805. The van der Waals surface area contributed by atoms with E-state index in [1.807, 2.05) is 25.1 Å². The number of methoxy groups -OCH3 is 1.